The third-order valence-electron chi connectivity index (χ3n) is 5.85. The van der Waals surface area contributed by atoms with Crippen LogP contribution in [0.4, 0.5) is 0 Å². The molecular weight excluding hydrogens is 394 g/mol. The summed E-state index contributed by atoms with van der Waals surface area (Å²) in [6.45, 7) is 4.81. The molecule has 0 saturated carbocycles. The minimum absolute atomic E-state index is 0.0683. The minimum atomic E-state index is -0.172. The molecule has 1 atom stereocenters. The van der Waals surface area contributed by atoms with E-state index in [1.54, 1.807) is 17.8 Å². The summed E-state index contributed by atoms with van der Waals surface area (Å²) in [4.78, 5) is 27.4. The number of carbonyl (C=O) groups is 2. The van der Waals surface area contributed by atoms with Gasteiger partial charge in [-0.15, -0.1) is 0 Å². The molecule has 1 fully saturated rings. The van der Waals surface area contributed by atoms with E-state index in [1.807, 2.05) is 49.1 Å². The molecule has 0 bridgehead atoms. The maximum Gasteiger partial charge on any atom is 0.269 e. The molecule has 1 aromatic carbocycles. The van der Waals surface area contributed by atoms with Crippen molar-refractivity contribution in [2.45, 2.75) is 45.7 Å². The standard InChI is InChI=1S/C23H27N5O3/c1-15-19(16(2)31-26-15)14-28-12-11-18(9-10-22(28)29)24-23(30)21-13-20(25-27(21)3)17-7-5-4-6-8-17/h4-8,13,18H,9-12,14H2,1-3H3,(H,24,30). The van der Waals surface area contributed by atoms with Gasteiger partial charge in [-0.3, -0.25) is 14.3 Å². The van der Waals surface area contributed by atoms with Crippen LogP contribution in [0.15, 0.2) is 40.9 Å². The van der Waals surface area contributed by atoms with E-state index >= 15 is 0 Å². The minimum Gasteiger partial charge on any atom is -0.361 e. The molecule has 8 nitrogen and oxygen atoms in total. The smallest absolute Gasteiger partial charge is 0.269 e. The molecule has 1 aliphatic heterocycles. The van der Waals surface area contributed by atoms with Crippen molar-refractivity contribution >= 4 is 11.8 Å². The number of nitrogens with one attached hydrogen (secondary N) is 1. The van der Waals surface area contributed by atoms with Crippen molar-refractivity contribution in [3.05, 3.63) is 59.1 Å². The number of aromatic nitrogens is 3. The van der Waals surface area contributed by atoms with Crippen LogP contribution in [0.2, 0.25) is 0 Å². The summed E-state index contributed by atoms with van der Waals surface area (Å²) in [5.74, 6) is 0.655. The number of hydrogen-bond donors (Lipinski definition) is 1. The molecule has 1 N–H and O–H groups in total. The zero-order valence-corrected chi connectivity index (χ0v) is 18.1. The molecule has 1 aliphatic rings. The van der Waals surface area contributed by atoms with Crippen LogP contribution in [0.5, 0.6) is 0 Å². The summed E-state index contributed by atoms with van der Waals surface area (Å²) >= 11 is 0. The monoisotopic (exact) mass is 421 g/mol. The number of rotatable bonds is 5. The van der Waals surface area contributed by atoms with Gasteiger partial charge in [0.25, 0.3) is 5.91 Å². The first-order valence-corrected chi connectivity index (χ1v) is 10.5. The van der Waals surface area contributed by atoms with Crippen LogP contribution < -0.4 is 5.32 Å². The van der Waals surface area contributed by atoms with Gasteiger partial charge in [0, 0.05) is 37.2 Å². The molecule has 4 rings (SSSR count). The highest BCUT2D eigenvalue weighted by Crippen LogP contribution is 2.21. The highest BCUT2D eigenvalue weighted by Gasteiger charge is 2.26. The molecular formula is C23H27N5O3. The summed E-state index contributed by atoms with van der Waals surface area (Å²) in [6.07, 6.45) is 1.71. The number of nitrogens with zero attached hydrogens (tertiary/aromatic N) is 4. The number of hydrogen-bond acceptors (Lipinski definition) is 5. The molecule has 3 heterocycles. The predicted octanol–water partition coefficient (Wildman–Crippen LogP) is 3.00. The fraction of sp³-hybridized carbons (Fsp3) is 0.391. The molecule has 8 heteroatoms. The summed E-state index contributed by atoms with van der Waals surface area (Å²) in [6, 6.07) is 11.5. The quantitative estimate of drug-likeness (QED) is 0.684. The van der Waals surface area contributed by atoms with Gasteiger partial charge < -0.3 is 14.7 Å². The third-order valence-corrected chi connectivity index (χ3v) is 5.85. The molecule has 1 unspecified atom stereocenters. The highest BCUT2D eigenvalue weighted by atomic mass is 16.5. The Morgan fingerprint density at radius 2 is 2.00 bits per heavy atom. The van der Waals surface area contributed by atoms with E-state index in [0.717, 1.165) is 28.3 Å². The predicted molar refractivity (Wildman–Crippen MR) is 115 cm³/mol. The fourth-order valence-corrected chi connectivity index (χ4v) is 3.96. The van der Waals surface area contributed by atoms with Crippen LogP contribution in [-0.4, -0.2) is 44.2 Å². The fourth-order valence-electron chi connectivity index (χ4n) is 3.96. The lowest BCUT2D eigenvalue weighted by Gasteiger charge is -2.21. The van der Waals surface area contributed by atoms with Crippen molar-refractivity contribution in [1.29, 1.82) is 0 Å². The Labute approximate surface area is 181 Å². The second kappa shape index (κ2) is 8.75. The van der Waals surface area contributed by atoms with Gasteiger partial charge in [-0.05, 0) is 32.8 Å². The van der Waals surface area contributed by atoms with Crippen LogP contribution in [0.1, 0.15) is 46.8 Å². The Kier molecular flexibility index (Phi) is 5.88. The highest BCUT2D eigenvalue weighted by molar-refractivity contribution is 5.94. The lowest BCUT2D eigenvalue weighted by atomic mass is 10.1. The van der Waals surface area contributed by atoms with Crippen LogP contribution in [0.25, 0.3) is 11.3 Å². The molecule has 0 aliphatic carbocycles. The van der Waals surface area contributed by atoms with E-state index in [2.05, 4.69) is 15.6 Å². The van der Waals surface area contributed by atoms with Gasteiger partial charge >= 0.3 is 0 Å². The average Bonchev–Trinajstić information content (AvgIpc) is 3.25. The number of amides is 2. The van der Waals surface area contributed by atoms with Gasteiger partial charge in [0.1, 0.15) is 11.5 Å². The Bertz CT molecular complexity index is 1070. The van der Waals surface area contributed by atoms with Crippen molar-refractivity contribution in [2.75, 3.05) is 6.54 Å². The van der Waals surface area contributed by atoms with Gasteiger partial charge in [-0.1, -0.05) is 35.5 Å². The van der Waals surface area contributed by atoms with Crippen LogP contribution in [0.3, 0.4) is 0 Å². The normalized spacial score (nSPS) is 16.9. The zero-order chi connectivity index (χ0) is 22.0. The summed E-state index contributed by atoms with van der Waals surface area (Å²) in [5, 5.41) is 11.5. The molecule has 2 aromatic heterocycles. The third kappa shape index (κ3) is 4.52. The van der Waals surface area contributed by atoms with Gasteiger partial charge in [0.2, 0.25) is 5.91 Å². The molecule has 31 heavy (non-hydrogen) atoms. The van der Waals surface area contributed by atoms with Crippen molar-refractivity contribution in [3.63, 3.8) is 0 Å². The first kappa shape index (κ1) is 20.8. The summed E-state index contributed by atoms with van der Waals surface area (Å²) in [5.41, 5.74) is 3.99. The molecule has 2 amide bonds. The Hall–Kier alpha value is -3.42. The van der Waals surface area contributed by atoms with Gasteiger partial charge in [0.05, 0.1) is 17.9 Å². The molecule has 162 valence electrons. The zero-order valence-electron chi connectivity index (χ0n) is 18.1. The number of aryl methyl sites for hydroxylation is 3. The van der Waals surface area contributed by atoms with E-state index in [-0.39, 0.29) is 17.9 Å². The number of likely N-dealkylation sites (tertiary alicyclic amines) is 1. The molecule has 1 saturated heterocycles. The first-order valence-electron chi connectivity index (χ1n) is 10.5. The van der Waals surface area contributed by atoms with E-state index in [4.69, 9.17) is 4.52 Å². The van der Waals surface area contributed by atoms with Crippen molar-refractivity contribution < 1.29 is 14.1 Å². The Balaban J connectivity index is 1.41. The lowest BCUT2D eigenvalue weighted by molar-refractivity contribution is -0.131. The topological polar surface area (TPSA) is 93.3 Å². The molecule has 3 aromatic rings. The lowest BCUT2D eigenvalue weighted by Crippen LogP contribution is -2.36. The first-order chi connectivity index (χ1) is 14.9. The SMILES string of the molecule is Cc1noc(C)c1CN1CCC(NC(=O)c2cc(-c3ccccc3)nn2C)CCC1=O. The summed E-state index contributed by atoms with van der Waals surface area (Å²) in [7, 11) is 1.77. The molecule has 0 radical (unpaired) electrons. The second-order valence-electron chi connectivity index (χ2n) is 8.02. The van der Waals surface area contributed by atoms with Gasteiger partial charge in [0.15, 0.2) is 0 Å². The molecule has 0 spiro atoms. The van der Waals surface area contributed by atoms with E-state index in [9.17, 15) is 9.59 Å². The Morgan fingerprint density at radius 3 is 2.71 bits per heavy atom. The second-order valence-corrected chi connectivity index (χ2v) is 8.02. The van der Waals surface area contributed by atoms with Crippen LogP contribution in [-0.2, 0) is 18.4 Å². The summed E-state index contributed by atoms with van der Waals surface area (Å²) < 4.78 is 6.82. The van der Waals surface area contributed by atoms with Crippen LogP contribution in [0, 0.1) is 13.8 Å². The van der Waals surface area contributed by atoms with E-state index in [1.165, 1.54) is 0 Å². The number of benzene rings is 1. The van der Waals surface area contributed by atoms with Crippen molar-refractivity contribution in [3.8, 4) is 11.3 Å². The van der Waals surface area contributed by atoms with Crippen molar-refractivity contribution in [1.82, 2.24) is 25.2 Å². The van der Waals surface area contributed by atoms with Crippen LogP contribution >= 0.6 is 0 Å². The maximum absolute atomic E-state index is 12.9. The largest absolute Gasteiger partial charge is 0.361 e. The van der Waals surface area contributed by atoms with Gasteiger partial charge in [-0.2, -0.15) is 5.10 Å². The maximum atomic E-state index is 12.9. The van der Waals surface area contributed by atoms with Crippen molar-refractivity contribution in [2.24, 2.45) is 7.05 Å². The van der Waals surface area contributed by atoms with Gasteiger partial charge in [-0.25, -0.2) is 0 Å². The van der Waals surface area contributed by atoms with E-state index in [0.29, 0.717) is 38.0 Å². The Morgan fingerprint density at radius 1 is 1.23 bits per heavy atom. The number of carbonyl (C=O) groups excluding carboxylic acids is 2. The van der Waals surface area contributed by atoms with E-state index < -0.39 is 0 Å². The average molecular weight is 422 g/mol.